The van der Waals surface area contributed by atoms with E-state index in [2.05, 4.69) is 76.6 Å². The van der Waals surface area contributed by atoms with Crippen LogP contribution >= 0.6 is 0 Å². The Hall–Kier alpha value is -3.38. The van der Waals surface area contributed by atoms with Crippen LogP contribution in [0.3, 0.4) is 0 Å². The van der Waals surface area contributed by atoms with Gasteiger partial charge >= 0.3 is 0 Å². The smallest absolute Gasteiger partial charge is 0.273 e. The van der Waals surface area contributed by atoms with Crippen LogP contribution in [-0.4, -0.2) is 33.4 Å². The fourth-order valence-electron chi connectivity index (χ4n) is 4.06. The number of carbonyl (C=O) groups is 1. The highest BCUT2D eigenvalue weighted by Gasteiger charge is 2.17. The third kappa shape index (κ3) is 5.71. The second kappa shape index (κ2) is 10.0. The highest BCUT2D eigenvalue weighted by Crippen LogP contribution is 2.20. The van der Waals surface area contributed by atoms with Gasteiger partial charge in [-0.2, -0.15) is 0 Å². The maximum atomic E-state index is 12.3. The van der Waals surface area contributed by atoms with E-state index in [1.807, 2.05) is 19.9 Å². The standard InChI is InChI=1S/C27H32N4O2/c1-18(2)29-27(32)25-17-33-26(30-25)16-31(15-22-13-19(3)9-10-20(22)4)12-11-21-14-28-24-8-6-5-7-23(21)24/h5-10,13-14,17-18,28H,11-12,15-16H2,1-4H3,(H,29,32). The number of carbonyl (C=O) groups excluding carboxylic acids is 1. The molecule has 0 fully saturated rings. The van der Waals surface area contributed by atoms with Crippen LogP contribution in [0.15, 0.2) is 59.3 Å². The van der Waals surface area contributed by atoms with Gasteiger partial charge in [-0.25, -0.2) is 4.98 Å². The molecule has 33 heavy (non-hydrogen) atoms. The molecule has 0 unspecified atom stereocenters. The summed E-state index contributed by atoms with van der Waals surface area (Å²) in [5, 5.41) is 4.12. The first-order valence-electron chi connectivity index (χ1n) is 11.5. The van der Waals surface area contributed by atoms with E-state index in [1.54, 1.807) is 0 Å². The number of oxazole rings is 1. The Bertz CT molecular complexity index is 1240. The van der Waals surface area contributed by atoms with Crippen LogP contribution in [0.2, 0.25) is 0 Å². The van der Waals surface area contributed by atoms with Crippen molar-refractivity contribution in [2.45, 2.75) is 53.2 Å². The lowest BCUT2D eigenvalue weighted by Crippen LogP contribution is -2.30. The van der Waals surface area contributed by atoms with Crippen molar-refractivity contribution in [2.75, 3.05) is 6.54 Å². The van der Waals surface area contributed by atoms with E-state index in [0.29, 0.717) is 18.1 Å². The summed E-state index contributed by atoms with van der Waals surface area (Å²) < 4.78 is 5.68. The number of aromatic nitrogens is 2. The zero-order chi connectivity index (χ0) is 23.4. The zero-order valence-corrected chi connectivity index (χ0v) is 19.8. The zero-order valence-electron chi connectivity index (χ0n) is 19.8. The van der Waals surface area contributed by atoms with Gasteiger partial charge in [0.05, 0.1) is 6.54 Å². The summed E-state index contributed by atoms with van der Waals surface area (Å²) in [6.07, 6.45) is 4.44. The molecule has 0 aliphatic rings. The number of nitrogens with zero attached hydrogens (tertiary/aromatic N) is 2. The van der Waals surface area contributed by atoms with Gasteiger partial charge in [0.15, 0.2) is 5.69 Å². The molecule has 0 atom stereocenters. The molecule has 0 bridgehead atoms. The molecule has 0 saturated carbocycles. The number of nitrogens with one attached hydrogen (secondary N) is 2. The summed E-state index contributed by atoms with van der Waals surface area (Å²) in [5.41, 5.74) is 6.57. The van der Waals surface area contributed by atoms with Gasteiger partial charge in [-0.3, -0.25) is 9.69 Å². The van der Waals surface area contributed by atoms with E-state index in [-0.39, 0.29) is 11.9 Å². The summed E-state index contributed by atoms with van der Waals surface area (Å²) in [5.74, 6) is 0.341. The monoisotopic (exact) mass is 444 g/mol. The summed E-state index contributed by atoms with van der Waals surface area (Å²) in [6, 6.07) is 15.0. The normalized spacial score (nSPS) is 11.6. The lowest BCUT2D eigenvalue weighted by atomic mass is 10.0. The van der Waals surface area contributed by atoms with E-state index in [4.69, 9.17) is 4.42 Å². The van der Waals surface area contributed by atoms with E-state index in [0.717, 1.165) is 25.0 Å². The van der Waals surface area contributed by atoms with Crippen molar-refractivity contribution in [2.24, 2.45) is 0 Å². The molecule has 0 spiro atoms. The number of benzene rings is 2. The summed E-state index contributed by atoms with van der Waals surface area (Å²) in [4.78, 5) is 22.4. The number of hydrogen-bond acceptors (Lipinski definition) is 4. The quantitative estimate of drug-likeness (QED) is 0.374. The molecule has 6 heteroatoms. The van der Waals surface area contributed by atoms with Crippen molar-refractivity contribution in [3.8, 4) is 0 Å². The Balaban J connectivity index is 1.53. The number of fused-ring (bicyclic) bond motifs is 1. The average molecular weight is 445 g/mol. The van der Waals surface area contributed by atoms with Gasteiger partial charge in [-0.15, -0.1) is 0 Å². The number of rotatable bonds is 9. The average Bonchev–Trinajstić information content (AvgIpc) is 3.41. The highest BCUT2D eigenvalue weighted by atomic mass is 16.3. The Morgan fingerprint density at radius 2 is 1.94 bits per heavy atom. The molecular weight excluding hydrogens is 412 g/mol. The van der Waals surface area contributed by atoms with Gasteiger partial charge in [0.25, 0.3) is 5.91 Å². The molecular formula is C27H32N4O2. The number of H-pyrrole nitrogens is 1. The van der Waals surface area contributed by atoms with Crippen molar-refractivity contribution in [3.05, 3.63) is 88.8 Å². The molecule has 0 aliphatic heterocycles. The minimum absolute atomic E-state index is 0.0506. The Kier molecular flexibility index (Phi) is 6.94. The molecule has 0 aliphatic carbocycles. The molecule has 2 heterocycles. The van der Waals surface area contributed by atoms with Crippen LogP contribution in [-0.2, 0) is 19.5 Å². The predicted octanol–water partition coefficient (Wildman–Crippen LogP) is 5.16. The minimum Gasteiger partial charge on any atom is -0.447 e. The van der Waals surface area contributed by atoms with Crippen LogP contribution in [0.4, 0.5) is 0 Å². The molecule has 4 aromatic rings. The summed E-state index contributed by atoms with van der Waals surface area (Å²) in [6.45, 7) is 10.3. The van der Waals surface area contributed by atoms with Gasteiger partial charge in [0, 0.05) is 36.2 Å². The van der Waals surface area contributed by atoms with E-state index in [9.17, 15) is 4.79 Å². The van der Waals surface area contributed by atoms with Crippen LogP contribution in [0.1, 0.15) is 52.5 Å². The Labute approximate surface area is 195 Å². The second-order valence-corrected chi connectivity index (χ2v) is 9.00. The predicted molar refractivity (Wildman–Crippen MR) is 131 cm³/mol. The van der Waals surface area contributed by atoms with Gasteiger partial charge in [0.2, 0.25) is 5.89 Å². The van der Waals surface area contributed by atoms with Gasteiger partial charge in [-0.1, -0.05) is 42.0 Å². The highest BCUT2D eigenvalue weighted by molar-refractivity contribution is 5.92. The minimum atomic E-state index is -0.208. The molecule has 4 rings (SSSR count). The van der Waals surface area contributed by atoms with Crippen molar-refractivity contribution in [3.63, 3.8) is 0 Å². The first-order valence-corrected chi connectivity index (χ1v) is 11.5. The maximum Gasteiger partial charge on any atom is 0.273 e. The summed E-state index contributed by atoms with van der Waals surface area (Å²) >= 11 is 0. The van der Waals surface area contributed by atoms with Crippen molar-refractivity contribution in [1.82, 2.24) is 20.2 Å². The maximum absolute atomic E-state index is 12.3. The number of para-hydroxylation sites is 1. The van der Waals surface area contributed by atoms with Crippen LogP contribution in [0.25, 0.3) is 10.9 Å². The lowest BCUT2D eigenvalue weighted by Gasteiger charge is -2.22. The van der Waals surface area contributed by atoms with E-state index < -0.39 is 0 Å². The lowest BCUT2D eigenvalue weighted by molar-refractivity contribution is 0.0938. The van der Waals surface area contributed by atoms with Crippen LogP contribution in [0, 0.1) is 13.8 Å². The van der Waals surface area contributed by atoms with E-state index in [1.165, 1.54) is 33.9 Å². The molecule has 2 aromatic carbocycles. The van der Waals surface area contributed by atoms with Crippen LogP contribution in [0.5, 0.6) is 0 Å². The Morgan fingerprint density at radius 3 is 2.76 bits per heavy atom. The first-order chi connectivity index (χ1) is 15.9. The molecule has 0 saturated heterocycles. The van der Waals surface area contributed by atoms with Crippen LogP contribution < -0.4 is 5.32 Å². The van der Waals surface area contributed by atoms with E-state index >= 15 is 0 Å². The number of amides is 1. The van der Waals surface area contributed by atoms with Gasteiger partial charge in [0.1, 0.15) is 6.26 Å². The number of aryl methyl sites for hydroxylation is 2. The number of aromatic amines is 1. The fourth-order valence-corrected chi connectivity index (χ4v) is 4.06. The molecule has 2 aromatic heterocycles. The molecule has 1 amide bonds. The van der Waals surface area contributed by atoms with Gasteiger partial charge in [-0.05, 0) is 56.9 Å². The molecule has 6 nitrogen and oxygen atoms in total. The van der Waals surface area contributed by atoms with Crippen molar-refractivity contribution in [1.29, 1.82) is 0 Å². The second-order valence-electron chi connectivity index (χ2n) is 9.00. The van der Waals surface area contributed by atoms with Gasteiger partial charge < -0.3 is 14.7 Å². The van der Waals surface area contributed by atoms with Crippen molar-refractivity contribution >= 4 is 16.8 Å². The number of hydrogen-bond donors (Lipinski definition) is 2. The molecule has 172 valence electrons. The Morgan fingerprint density at radius 1 is 1.12 bits per heavy atom. The fraction of sp³-hybridized carbons (Fsp3) is 0.333. The molecule has 0 radical (unpaired) electrons. The topological polar surface area (TPSA) is 74.2 Å². The molecule has 2 N–H and O–H groups in total. The van der Waals surface area contributed by atoms with Crippen molar-refractivity contribution < 1.29 is 9.21 Å². The third-order valence-electron chi connectivity index (χ3n) is 5.83. The summed E-state index contributed by atoms with van der Waals surface area (Å²) in [7, 11) is 0. The third-order valence-corrected chi connectivity index (χ3v) is 5.83. The first kappa shape index (κ1) is 22.8. The SMILES string of the molecule is Cc1ccc(C)c(CN(CCc2c[nH]c3ccccc23)Cc2nc(C(=O)NC(C)C)co2)c1. The largest absolute Gasteiger partial charge is 0.447 e.